The lowest BCUT2D eigenvalue weighted by Gasteiger charge is -2.27. The van der Waals surface area contributed by atoms with Gasteiger partial charge in [0.2, 0.25) is 0 Å². The first-order valence-electron chi connectivity index (χ1n) is 7.81. The minimum absolute atomic E-state index is 0.200. The second-order valence-corrected chi connectivity index (χ2v) is 6.76. The van der Waals surface area contributed by atoms with Crippen LogP contribution in [0.1, 0.15) is 45.2 Å². The summed E-state index contributed by atoms with van der Waals surface area (Å²) in [4.78, 5) is 14.4. The molecule has 5 heteroatoms. The third kappa shape index (κ3) is 5.30. The Balaban J connectivity index is 2.06. The van der Waals surface area contributed by atoms with Crippen LogP contribution in [0.25, 0.3) is 0 Å². The van der Waals surface area contributed by atoms with Crippen LogP contribution in [0.15, 0.2) is 24.3 Å². The highest BCUT2D eigenvalue weighted by molar-refractivity contribution is 5.68. The number of alkyl carbamates (subject to hydrolysis) is 1. The van der Waals surface area contributed by atoms with Crippen LogP contribution in [0.3, 0.4) is 0 Å². The number of amides is 1. The zero-order chi connectivity index (χ0) is 16.2. The van der Waals surface area contributed by atoms with E-state index in [0.717, 1.165) is 18.7 Å². The van der Waals surface area contributed by atoms with Gasteiger partial charge in [-0.05, 0) is 64.4 Å². The number of halogens is 1. The highest BCUT2D eigenvalue weighted by Crippen LogP contribution is 2.19. The van der Waals surface area contributed by atoms with Crippen LogP contribution in [-0.4, -0.2) is 36.2 Å². The van der Waals surface area contributed by atoms with Crippen molar-refractivity contribution < 1.29 is 13.9 Å². The number of nitrogens with zero attached hydrogens (tertiary/aromatic N) is 1. The molecule has 0 aromatic heterocycles. The van der Waals surface area contributed by atoms with Gasteiger partial charge in [0.25, 0.3) is 0 Å². The van der Waals surface area contributed by atoms with Crippen LogP contribution in [-0.2, 0) is 4.74 Å². The zero-order valence-electron chi connectivity index (χ0n) is 13.6. The summed E-state index contributed by atoms with van der Waals surface area (Å²) in [6, 6.07) is 6.07. The topological polar surface area (TPSA) is 41.6 Å². The van der Waals surface area contributed by atoms with E-state index in [9.17, 15) is 9.18 Å². The van der Waals surface area contributed by atoms with Crippen molar-refractivity contribution in [2.45, 2.75) is 45.3 Å². The molecule has 22 heavy (non-hydrogen) atoms. The molecule has 0 spiro atoms. The highest BCUT2D eigenvalue weighted by Gasteiger charge is 2.23. The van der Waals surface area contributed by atoms with Gasteiger partial charge >= 0.3 is 6.09 Å². The van der Waals surface area contributed by atoms with Gasteiger partial charge in [0.15, 0.2) is 0 Å². The smallest absolute Gasteiger partial charge is 0.408 e. The molecular weight excluding hydrogens is 283 g/mol. The Morgan fingerprint density at radius 1 is 1.27 bits per heavy atom. The Morgan fingerprint density at radius 2 is 1.86 bits per heavy atom. The third-order valence-corrected chi connectivity index (χ3v) is 3.60. The summed E-state index contributed by atoms with van der Waals surface area (Å²) in [7, 11) is 0. The SMILES string of the molecule is CC(C)(C)OC(=O)N[C@H](CN1CCCC1)c1ccc(F)cc1. The van der Waals surface area contributed by atoms with Gasteiger partial charge in [-0.1, -0.05) is 12.1 Å². The van der Waals surface area contributed by atoms with Gasteiger partial charge in [0.1, 0.15) is 11.4 Å². The minimum atomic E-state index is -0.537. The molecule has 1 aromatic rings. The summed E-state index contributed by atoms with van der Waals surface area (Å²) in [6.45, 7) is 8.28. The number of ether oxygens (including phenoxy) is 1. The number of hydrogen-bond acceptors (Lipinski definition) is 3. The maximum absolute atomic E-state index is 13.1. The number of rotatable bonds is 4. The van der Waals surface area contributed by atoms with Crippen LogP contribution in [0, 0.1) is 5.82 Å². The Labute approximate surface area is 131 Å². The first-order chi connectivity index (χ1) is 10.3. The lowest BCUT2D eigenvalue weighted by atomic mass is 10.1. The first kappa shape index (κ1) is 16.7. The Morgan fingerprint density at radius 3 is 2.41 bits per heavy atom. The maximum Gasteiger partial charge on any atom is 0.408 e. The van der Waals surface area contributed by atoms with E-state index >= 15 is 0 Å². The summed E-state index contributed by atoms with van der Waals surface area (Å²) in [5.41, 5.74) is 0.351. The monoisotopic (exact) mass is 308 g/mol. The zero-order valence-corrected chi connectivity index (χ0v) is 13.6. The normalized spacial score (nSPS) is 17.3. The molecule has 0 saturated carbocycles. The molecule has 1 N–H and O–H groups in total. The van der Waals surface area contributed by atoms with E-state index in [0.29, 0.717) is 6.54 Å². The van der Waals surface area contributed by atoms with Gasteiger partial charge in [-0.25, -0.2) is 9.18 Å². The van der Waals surface area contributed by atoms with E-state index in [-0.39, 0.29) is 11.9 Å². The highest BCUT2D eigenvalue weighted by atomic mass is 19.1. The molecule has 122 valence electrons. The van der Waals surface area contributed by atoms with Crippen molar-refractivity contribution in [3.05, 3.63) is 35.6 Å². The van der Waals surface area contributed by atoms with Crippen LogP contribution in [0.4, 0.5) is 9.18 Å². The Hall–Kier alpha value is -1.62. The molecule has 1 amide bonds. The predicted octanol–water partition coefficient (Wildman–Crippen LogP) is 3.49. The number of nitrogens with one attached hydrogen (secondary N) is 1. The predicted molar refractivity (Wildman–Crippen MR) is 84.2 cm³/mol. The summed E-state index contributed by atoms with van der Waals surface area (Å²) in [5, 5.41) is 2.91. The van der Waals surface area contributed by atoms with Crippen molar-refractivity contribution in [2.75, 3.05) is 19.6 Å². The van der Waals surface area contributed by atoms with Crippen LogP contribution in [0.5, 0.6) is 0 Å². The summed E-state index contributed by atoms with van der Waals surface area (Å²) in [5.74, 6) is -0.277. The Bertz CT molecular complexity index is 490. The minimum Gasteiger partial charge on any atom is -0.444 e. The van der Waals surface area contributed by atoms with Crippen molar-refractivity contribution in [3.63, 3.8) is 0 Å². The summed E-state index contributed by atoms with van der Waals surface area (Å²) < 4.78 is 18.5. The van der Waals surface area contributed by atoms with E-state index in [2.05, 4.69) is 10.2 Å². The molecule has 0 aliphatic carbocycles. The molecule has 1 aliphatic rings. The second kappa shape index (κ2) is 7.09. The van der Waals surface area contributed by atoms with Crippen molar-refractivity contribution >= 4 is 6.09 Å². The van der Waals surface area contributed by atoms with Gasteiger partial charge < -0.3 is 15.0 Å². The maximum atomic E-state index is 13.1. The lowest BCUT2D eigenvalue weighted by Crippen LogP contribution is -2.39. The molecule has 4 nitrogen and oxygen atoms in total. The summed E-state index contributed by atoms with van der Waals surface area (Å²) >= 11 is 0. The average Bonchev–Trinajstić information content (AvgIpc) is 2.89. The second-order valence-electron chi connectivity index (χ2n) is 6.76. The molecule has 1 fully saturated rings. The molecule has 0 radical (unpaired) electrons. The average molecular weight is 308 g/mol. The fourth-order valence-electron chi connectivity index (χ4n) is 2.60. The van der Waals surface area contributed by atoms with Crippen LogP contribution >= 0.6 is 0 Å². The van der Waals surface area contributed by atoms with Gasteiger partial charge in [0.05, 0.1) is 6.04 Å². The standard InChI is InChI=1S/C17H25FN2O2/c1-17(2,3)22-16(21)19-15(12-20-10-4-5-11-20)13-6-8-14(18)9-7-13/h6-9,15H,4-5,10-12H2,1-3H3,(H,19,21)/t15-/m1/s1. The third-order valence-electron chi connectivity index (χ3n) is 3.60. The van der Waals surface area contributed by atoms with Crippen molar-refractivity contribution in [2.24, 2.45) is 0 Å². The molecule has 1 saturated heterocycles. The lowest BCUT2D eigenvalue weighted by molar-refractivity contribution is 0.0493. The van der Waals surface area contributed by atoms with Gasteiger partial charge in [-0.3, -0.25) is 0 Å². The number of likely N-dealkylation sites (tertiary alicyclic amines) is 1. The summed E-state index contributed by atoms with van der Waals surface area (Å²) in [6.07, 6.45) is 1.92. The molecule has 1 atom stereocenters. The van der Waals surface area contributed by atoms with Gasteiger partial charge in [-0.2, -0.15) is 0 Å². The molecule has 1 aromatic carbocycles. The number of hydrogen-bond donors (Lipinski definition) is 1. The first-order valence-corrected chi connectivity index (χ1v) is 7.81. The molecule has 2 rings (SSSR count). The van der Waals surface area contributed by atoms with E-state index in [1.165, 1.54) is 25.0 Å². The molecule has 0 unspecified atom stereocenters. The molecule has 1 aliphatic heterocycles. The number of carbonyl (C=O) groups excluding carboxylic acids is 1. The van der Waals surface area contributed by atoms with Gasteiger partial charge in [-0.15, -0.1) is 0 Å². The van der Waals surface area contributed by atoms with Crippen LogP contribution < -0.4 is 5.32 Å². The number of carbonyl (C=O) groups is 1. The fraction of sp³-hybridized carbons (Fsp3) is 0.588. The van der Waals surface area contributed by atoms with E-state index in [1.807, 2.05) is 20.8 Å². The fourth-order valence-corrected chi connectivity index (χ4v) is 2.60. The van der Waals surface area contributed by atoms with Crippen LogP contribution in [0.2, 0.25) is 0 Å². The van der Waals surface area contributed by atoms with Crippen molar-refractivity contribution in [1.29, 1.82) is 0 Å². The molecular formula is C17H25FN2O2. The van der Waals surface area contributed by atoms with Gasteiger partial charge in [0, 0.05) is 6.54 Å². The molecule has 0 bridgehead atoms. The van der Waals surface area contributed by atoms with E-state index in [1.54, 1.807) is 12.1 Å². The largest absolute Gasteiger partial charge is 0.444 e. The van der Waals surface area contributed by atoms with Crippen molar-refractivity contribution in [1.82, 2.24) is 10.2 Å². The number of benzene rings is 1. The Kier molecular flexibility index (Phi) is 5.40. The quantitative estimate of drug-likeness (QED) is 0.926. The molecule has 1 heterocycles. The van der Waals surface area contributed by atoms with E-state index < -0.39 is 11.7 Å². The van der Waals surface area contributed by atoms with Crippen molar-refractivity contribution in [3.8, 4) is 0 Å². The van der Waals surface area contributed by atoms with E-state index in [4.69, 9.17) is 4.74 Å².